The predicted octanol–water partition coefficient (Wildman–Crippen LogP) is 3.89. The zero-order valence-electron chi connectivity index (χ0n) is 17.3. The van der Waals surface area contributed by atoms with E-state index in [-0.39, 0.29) is 17.0 Å². The lowest BCUT2D eigenvalue weighted by molar-refractivity contribution is -1.09. The van der Waals surface area contributed by atoms with Crippen LogP contribution in [0.3, 0.4) is 0 Å². The van der Waals surface area contributed by atoms with E-state index < -0.39 is 0 Å². The van der Waals surface area contributed by atoms with Crippen molar-refractivity contribution in [3.63, 3.8) is 0 Å². The third-order valence-corrected chi connectivity index (χ3v) is 5.24. The third kappa shape index (κ3) is 17.2. The highest BCUT2D eigenvalue weighted by Crippen LogP contribution is 2.13. The monoisotopic (exact) mass is 407 g/mol. The Balaban J connectivity index is 0. The molecule has 0 saturated heterocycles. The first kappa shape index (κ1) is 26.6. The molecular formula is C21H46BrNO. The number of nitrogens with zero attached hydrogens (tertiary/aromatic N) is 1. The number of halogens is 1. The summed E-state index contributed by atoms with van der Waals surface area (Å²) >= 11 is 0. The molecule has 0 aliphatic carbocycles. The van der Waals surface area contributed by atoms with Crippen LogP contribution in [0, 0.1) is 0 Å². The minimum absolute atomic E-state index is 0. The minimum atomic E-state index is 0. The van der Waals surface area contributed by atoms with Gasteiger partial charge in [-0.2, -0.15) is 4.65 Å². The highest BCUT2D eigenvalue weighted by atomic mass is 79.9. The summed E-state index contributed by atoms with van der Waals surface area (Å²) in [6.45, 7) is 9.75. The van der Waals surface area contributed by atoms with Gasteiger partial charge in [-0.05, 0) is 20.3 Å². The van der Waals surface area contributed by atoms with Crippen molar-refractivity contribution < 1.29 is 26.5 Å². The van der Waals surface area contributed by atoms with Gasteiger partial charge in [-0.3, -0.25) is 0 Å². The number of quaternary nitrogens is 1. The molecule has 0 heterocycles. The van der Waals surface area contributed by atoms with Gasteiger partial charge in [0.05, 0.1) is 7.05 Å². The SMILES string of the molecule is CCCCCCCCCCCCCCCCO[N+](C)(CC)CC.[Br-]. The van der Waals surface area contributed by atoms with Gasteiger partial charge in [-0.25, -0.2) is 4.84 Å². The van der Waals surface area contributed by atoms with Crippen LogP contribution in [0.5, 0.6) is 0 Å². The molecule has 0 bridgehead atoms. The van der Waals surface area contributed by atoms with Crippen LogP contribution in [-0.4, -0.2) is 31.4 Å². The third-order valence-electron chi connectivity index (χ3n) is 5.24. The molecule has 0 saturated carbocycles. The van der Waals surface area contributed by atoms with E-state index in [1.165, 1.54) is 89.9 Å². The molecular weight excluding hydrogens is 362 g/mol. The van der Waals surface area contributed by atoms with E-state index in [2.05, 4.69) is 27.8 Å². The Bertz CT molecular complexity index is 232. The maximum absolute atomic E-state index is 5.97. The van der Waals surface area contributed by atoms with E-state index in [1.54, 1.807) is 0 Å². The van der Waals surface area contributed by atoms with Crippen molar-refractivity contribution in [3.8, 4) is 0 Å². The topological polar surface area (TPSA) is 9.23 Å². The Morgan fingerprint density at radius 1 is 0.542 bits per heavy atom. The highest BCUT2D eigenvalue weighted by Gasteiger charge is 2.17. The molecule has 0 amide bonds. The molecule has 3 heteroatoms. The number of rotatable bonds is 18. The Kier molecular flexibility index (Phi) is 21.9. The van der Waals surface area contributed by atoms with Crippen LogP contribution in [0.2, 0.25) is 0 Å². The van der Waals surface area contributed by atoms with Gasteiger partial charge in [0.1, 0.15) is 19.7 Å². The maximum atomic E-state index is 5.97. The standard InChI is InChI=1S/C21H46NO.BrH/c1-5-8-9-10-11-12-13-14-15-16-17-18-19-20-21-23-22(4,6-2)7-3;/h5-21H2,1-4H3;1H/q+1;/p-1. The quantitative estimate of drug-likeness (QED) is 0.190. The van der Waals surface area contributed by atoms with Crippen molar-refractivity contribution in [1.82, 2.24) is 0 Å². The normalized spacial score (nSPS) is 11.5. The summed E-state index contributed by atoms with van der Waals surface area (Å²) in [6.07, 6.45) is 19.8. The summed E-state index contributed by atoms with van der Waals surface area (Å²) in [7, 11) is 2.18. The fourth-order valence-corrected chi connectivity index (χ4v) is 2.99. The molecule has 0 rings (SSSR count). The average molecular weight is 409 g/mol. The second-order valence-corrected chi connectivity index (χ2v) is 7.36. The Labute approximate surface area is 164 Å². The van der Waals surface area contributed by atoms with E-state index in [1.807, 2.05) is 0 Å². The van der Waals surface area contributed by atoms with Crippen LogP contribution in [0.15, 0.2) is 0 Å². The van der Waals surface area contributed by atoms with Gasteiger partial charge in [0.15, 0.2) is 0 Å². The molecule has 0 aliphatic heterocycles. The molecule has 0 atom stereocenters. The summed E-state index contributed by atoms with van der Waals surface area (Å²) in [5, 5.41) is 0. The van der Waals surface area contributed by atoms with Crippen LogP contribution in [-0.2, 0) is 4.84 Å². The maximum Gasteiger partial charge on any atom is 0.106 e. The average Bonchev–Trinajstić information content (AvgIpc) is 2.58. The van der Waals surface area contributed by atoms with E-state index >= 15 is 0 Å². The zero-order valence-corrected chi connectivity index (χ0v) is 18.8. The molecule has 0 fully saturated rings. The van der Waals surface area contributed by atoms with Crippen molar-refractivity contribution >= 4 is 0 Å². The van der Waals surface area contributed by atoms with E-state index in [0.29, 0.717) is 0 Å². The van der Waals surface area contributed by atoms with Crippen molar-refractivity contribution in [2.75, 3.05) is 26.7 Å². The van der Waals surface area contributed by atoms with Crippen LogP contribution >= 0.6 is 0 Å². The van der Waals surface area contributed by atoms with E-state index in [9.17, 15) is 0 Å². The molecule has 0 unspecified atom stereocenters. The Morgan fingerprint density at radius 3 is 1.21 bits per heavy atom. The van der Waals surface area contributed by atoms with Crippen molar-refractivity contribution in [2.45, 2.75) is 111 Å². The summed E-state index contributed by atoms with van der Waals surface area (Å²) in [4.78, 5) is 5.97. The number of hydrogen-bond donors (Lipinski definition) is 0. The molecule has 0 aromatic carbocycles. The van der Waals surface area contributed by atoms with Gasteiger partial charge >= 0.3 is 0 Å². The summed E-state index contributed by atoms with van der Waals surface area (Å²) in [6, 6.07) is 0. The number of hydrogen-bond acceptors (Lipinski definition) is 1. The molecule has 0 spiro atoms. The van der Waals surface area contributed by atoms with Crippen molar-refractivity contribution in [1.29, 1.82) is 0 Å². The van der Waals surface area contributed by atoms with E-state index in [0.717, 1.165) is 24.3 Å². The van der Waals surface area contributed by atoms with E-state index in [4.69, 9.17) is 4.84 Å². The van der Waals surface area contributed by atoms with Crippen LogP contribution in [0.4, 0.5) is 0 Å². The molecule has 0 aromatic heterocycles. The van der Waals surface area contributed by atoms with Crippen molar-refractivity contribution in [2.24, 2.45) is 0 Å². The van der Waals surface area contributed by atoms with Gasteiger partial charge in [0, 0.05) is 0 Å². The summed E-state index contributed by atoms with van der Waals surface area (Å²) in [5.41, 5.74) is 0. The zero-order chi connectivity index (χ0) is 17.2. The number of hydroxylamine groups is 3. The largest absolute Gasteiger partial charge is 1.00 e. The lowest BCUT2D eigenvalue weighted by atomic mass is 10.0. The second-order valence-electron chi connectivity index (χ2n) is 7.36. The first-order chi connectivity index (χ1) is 11.2. The van der Waals surface area contributed by atoms with Gasteiger partial charge < -0.3 is 17.0 Å². The number of unbranched alkanes of at least 4 members (excludes halogenated alkanes) is 13. The Hall–Kier alpha value is 0.400. The van der Waals surface area contributed by atoms with Gasteiger partial charge in [-0.15, -0.1) is 0 Å². The Morgan fingerprint density at radius 2 is 0.875 bits per heavy atom. The summed E-state index contributed by atoms with van der Waals surface area (Å²) < 4.78 is 0.762. The smallest absolute Gasteiger partial charge is 0.106 e. The minimum Gasteiger partial charge on any atom is -1.00 e. The molecule has 0 radical (unpaired) electrons. The fourth-order valence-electron chi connectivity index (χ4n) is 2.99. The van der Waals surface area contributed by atoms with Crippen LogP contribution in [0.25, 0.3) is 0 Å². The molecule has 0 N–H and O–H groups in total. The molecule has 0 aliphatic rings. The lowest BCUT2D eigenvalue weighted by Crippen LogP contribution is -3.00. The first-order valence-electron chi connectivity index (χ1n) is 10.7. The predicted molar refractivity (Wildman–Crippen MR) is 104 cm³/mol. The van der Waals surface area contributed by atoms with Gasteiger partial charge in [0.25, 0.3) is 0 Å². The molecule has 0 aromatic rings. The molecule has 148 valence electrons. The lowest BCUT2D eigenvalue weighted by Gasteiger charge is -2.28. The first-order valence-corrected chi connectivity index (χ1v) is 10.7. The summed E-state index contributed by atoms with van der Waals surface area (Å²) in [5.74, 6) is 0. The molecule has 24 heavy (non-hydrogen) atoms. The molecule has 2 nitrogen and oxygen atoms in total. The van der Waals surface area contributed by atoms with Gasteiger partial charge in [-0.1, -0.05) is 90.4 Å². The van der Waals surface area contributed by atoms with Crippen LogP contribution in [0.1, 0.15) is 111 Å². The van der Waals surface area contributed by atoms with Crippen molar-refractivity contribution in [3.05, 3.63) is 0 Å². The van der Waals surface area contributed by atoms with Crippen LogP contribution < -0.4 is 17.0 Å². The highest BCUT2D eigenvalue weighted by molar-refractivity contribution is 4.49. The second kappa shape index (κ2) is 19.7. The fraction of sp³-hybridized carbons (Fsp3) is 1.00. The van der Waals surface area contributed by atoms with Gasteiger partial charge in [0.2, 0.25) is 0 Å².